The van der Waals surface area contributed by atoms with Gasteiger partial charge in [0.2, 0.25) is 5.91 Å². The first-order valence-electron chi connectivity index (χ1n) is 6.78. The molecule has 1 N–H and O–H groups in total. The predicted molar refractivity (Wildman–Crippen MR) is 87.9 cm³/mol. The van der Waals surface area contributed by atoms with Crippen molar-refractivity contribution < 1.29 is 13.4 Å². The van der Waals surface area contributed by atoms with Gasteiger partial charge in [-0.2, -0.15) is 0 Å². The highest BCUT2D eigenvalue weighted by Crippen LogP contribution is 2.20. The highest BCUT2D eigenvalue weighted by Gasteiger charge is 2.12. The summed E-state index contributed by atoms with van der Waals surface area (Å²) in [4.78, 5) is 16.2. The first-order chi connectivity index (χ1) is 10.4. The Kier molecular flexibility index (Phi) is 5.79. The molecule has 0 bridgehead atoms. The number of nitrogens with zero attached hydrogens (tertiary/aromatic N) is 1. The number of rotatable bonds is 6. The summed E-state index contributed by atoms with van der Waals surface area (Å²) in [7, 11) is -1.34. The minimum Gasteiger partial charge on any atom is -0.325 e. The van der Waals surface area contributed by atoms with Crippen LogP contribution in [0.5, 0.6) is 0 Å². The third-order valence-corrected chi connectivity index (χ3v) is 5.17. The summed E-state index contributed by atoms with van der Waals surface area (Å²) in [5, 5.41) is 5.40. The predicted octanol–water partition coefficient (Wildman–Crippen LogP) is 3.29. The number of amides is 1. The van der Waals surface area contributed by atoms with Crippen LogP contribution in [0.3, 0.4) is 0 Å². The highest BCUT2D eigenvalue weighted by atomic mass is 32.2. The fraction of sp³-hybridized carbons (Fsp3) is 0.333. The Morgan fingerprint density at radius 2 is 2.23 bits per heavy atom. The van der Waals surface area contributed by atoms with Crippen molar-refractivity contribution in [3.63, 3.8) is 0 Å². The second-order valence-corrected chi connectivity index (χ2v) is 7.47. The van der Waals surface area contributed by atoms with Crippen molar-refractivity contribution in [1.82, 2.24) is 4.98 Å². The van der Waals surface area contributed by atoms with Crippen LogP contribution in [0.1, 0.15) is 30.5 Å². The van der Waals surface area contributed by atoms with Gasteiger partial charge in [-0.25, -0.2) is 9.37 Å². The molecule has 0 aliphatic carbocycles. The van der Waals surface area contributed by atoms with E-state index in [9.17, 15) is 13.4 Å². The quantitative estimate of drug-likeness (QED) is 0.878. The molecule has 2 rings (SSSR count). The van der Waals surface area contributed by atoms with Gasteiger partial charge < -0.3 is 5.32 Å². The molecule has 0 aliphatic heterocycles. The number of hydrogen-bond donors (Lipinski definition) is 1. The smallest absolute Gasteiger partial charge is 0.237 e. The molecule has 1 aromatic carbocycles. The number of benzene rings is 1. The van der Waals surface area contributed by atoms with Gasteiger partial charge in [0, 0.05) is 27.8 Å². The van der Waals surface area contributed by atoms with E-state index in [0.717, 1.165) is 10.7 Å². The summed E-state index contributed by atoms with van der Waals surface area (Å²) in [6, 6.07) is 5.60. The normalized spacial score (nSPS) is 12.4. The van der Waals surface area contributed by atoms with Crippen LogP contribution >= 0.6 is 11.3 Å². The molecule has 2 aromatic rings. The molecule has 0 unspecified atom stereocenters. The zero-order valence-electron chi connectivity index (χ0n) is 12.3. The van der Waals surface area contributed by atoms with Gasteiger partial charge in [0.05, 0.1) is 16.5 Å². The first-order valence-corrected chi connectivity index (χ1v) is 9.15. The third-order valence-electron chi connectivity index (χ3n) is 2.77. The van der Waals surface area contributed by atoms with Crippen LogP contribution < -0.4 is 5.32 Å². The number of hydrogen-bond acceptors (Lipinski definition) is 4. The molecular formula is C15H17FN2O2S2. The van der Waals surface area contributed by atoms with Crippen molar-refractivity contribution in [2.45, 2.75) is 25.5 Å². The van der Waals surface area contributed by atoms with Gasteiger partial charge in [-0.1, -0.05) is 19.9 Å². The van der Waals surface area contributed by atoms with Crippen LogP contribution in [0.2, 0.25) is 0 Å². The lowest BCUT2D eigenvalue weighted by atomic mass is 10.2. The van der Waals surface area contributed by atoms with Crippen LogP contribution in [-0.2, 0) is 21.3 Å². The third kappa shape index (κ3) is 4.99. The number of anilines is 1. The number of nitrogens with one attached hydrogen (secondary N) is 1. The van der Waals surface area contributed by atoms with Crippen LogP contribution in [-0.4, -0.2) is 20.9 Å². The lowest BCUT2D eigenvalue weighted by Gasteiger charge is -2.05. The molecule has 4 nitrogen and oxygen atoms in total. The molecule has 1 atom stereocenters. The molecular weight excluding hydrogens is 323 g/mol. The Hall–Kier alpha value is -1.60. The van der Waals surface area contributed by atoms with E-state index in [0.29, 0.717) is 11.6 Å². The average Bonchev–Trinajstić information content (AvgIpc) is 2.86. The summed E-state index contributed by atoms with van der Waals surface area (Å²) >= 11 is 1.53. The van der Waals surface area contributed by atoms with E-state index in [4.69, 9.17) is 0 Å². The topological polar surface area (TPSA) is 59.1 Å². The van der Waals surface area contributed by atoms with Crippen LogP contribution in [0.15, 0.2) is 29.6 Å². The lowest BCUT2D eigenvalue weighted by Crippen LogP contribution is -2.20. The maximum atomic E-state index is 13.0. The first kappa shape index (κ1) is 16.8. The molecule has 0 radical (unpaired) electrons. The van der Waals surface area contributed by atoms with E-state index in [-0.39, 0.29) is 11.5 Å². The number of carbonyl (C=O) groups excluding carboxylic acids is 1. The maximum Gasteiger partial charge on any atom is 0.237 e. The SMILES string of the molecule is CC(C)c1nc(C[S@](=O)CC(=O)Nc2cccc(F)c2)cs1. The lowest BCUT2D eigenvalue weighted by molar-refractivity contribution is -0.113. The molecule has 22 heavy (non-hydrogen) atoms. The van der Waals surface area contributed by atoms with Crippen molar-refractivity contribution in [3.8, 4) is 0 Å². The van der Waals surface area contributed by atoms with Crippen LogP contribution in [0.25, 0.3) is 0 Å². The molecule has 7 heteroatoms. The van der Waals surface area contributed by atoms with Gasteiger partial charge in [0.15, 0.2) is 0 Å². The van der Waals surface area contributed by atoms with Crippen molar-refractivity contribution >= 4 is 33.7 Å². The average molecular weight is 340 g/mol. The summed E-state index contributed by atoms with van der Waals surface area (Å²) in [6.45, 7) is 4.10. The molecule has 1 aromatic heterocycles. The van der Waals surface area contributed by atoms with Gasteiger partial charge >= 0.3 is 0 Å². The van der Waals surface area contributed by atoms with E-state index >= 15 is 0 Å². The molecule has 0 aliphatic rings. The second kappa shape index (κ2) is 7.60. The van der Waals surface area contributed by atoms with Crippen LogP contribution in [0.4, 0.5) is 10.1 Å². The monoisotopic (exact) mass is 340 g/mol. The zero-order valence-corrected chi connectivity index (χ0v) is 14.0. The van der Waals surface area contributed by atoms with Gasteiger partial charge in [-0.3, -0.25) is 9.00 Å². The van der Waals surface area contributed by atoms with Crippen LogP contribution in [0, 0.1) is 5.82 Å². The van der Waals surface area contributed by atoms with Crippen molar-refractivity contribution in [2.24, 2.45) is 0 Å². The Bertz CT molecular complexity index is 686. The fourth-order valence-electron chi connectivity index (χ4n) is 1.78. The van der Waals surface area contributed by atoms with E-state index in [1.54, 1.807) is 6.07 Å². The van der Waals surface area contributed by atoms with E-state index in [1.807, 2.05) is 19.2 Å². The van der Waals surface area contributed by atoms with Gasteiger partial charge in [-0.15, -0.1) is 11.3 Å². The summed E-state index contributed by atoms with van der Waals surface area (Å²) in [5.74, 6) is -0.375. The molecule has 0 spiro atoms. The number of thiazole rings is 1. The standard InChI is InChI=1S/C15H17FN2O2S2/c1-10(2)15-18-13(7-21-15)8-22(20)9-14(19)17-12-5-3-4-11(16)6-12/h3-7,10H,8-9H2,1-2H3,(H,17,19)/t22-/m0/s1. The van der Waals surface area contributed by atoms with Crippen molar-refractivity contribution in [3.05, 3.63) is 46.2 Å². The van der Waals surface area contributed by atoms with E-state index in [1.165, 1.54) is 29.5 Å². The molecule has 0 saturated carbocycles. The van der Waals surface area contributed by atoms with Gasteiger partial charge in [0.25, 0.3) is 0 Å². The molecule has 118 valence electrons. The Morgan fingerprint density at radius 3 is 2.86 bits per heavy atom. The summed E-state index contributed by atoms with van der Waals surface area (Å²) in [5.41, 5.74) is 1.10. The largest absolute Gasteiger partial charge is 0.325 e. The Morgan fingerprint density at radius 1 is 1.45 bits per heavy atom. The fourth-order valence-corrected chi connectivity index (χ4v) is 3.66. The number of halogens is 1. The molecule has 0 saturated heterocycles. The van der Waals surface area contributed by atoms with E-state index in [2.05, 4.69) is 10.3 Å². The Balaban J connectivity index is 1.87. The molecule has 1 amide bonds. The minimum absolute atomic E-state index is 0.134. The van der Waals surface area contributed by atoms with E-state index < -0.39 is 22.5 Å². The summed E-state index contributed by atoms with van der Waals surface area (Å²) in [6.07, 6.45) is 0. The maximum absolute atomic E-state index is 13.0. The second-order valence-electron chi connectivity index (χ2n) is 5.12. The van der Waals surface area contributed by atoms with Crippen molar-refractivity contribution in [1.29, 1.82) is 0 Å². The number of carbonyl (C=O) groups is 1. The van der Waals surface area contributed by atoms with Crippen molar-refractivity contribution in [2.75, 3.05) is 11.1 Å². The van der Waals surface area contributed by atoms with Gasteiger partial charge in [0.1, 0.15) is 11.6 Å². The summed E-state index contributed by atoms with van der Waals surface area (Å²) < 4.78 is 25.0. The van der Waals surface area contributed by atoms with Gasteiger partial charge in [-0.05, 0) is 18.2 Å². The highest BCUT2D eigenvalue weighted by molar-refractivity contribution is 7.84. The zero-order chi connectivity index (χ0) is 16.1. The molecule has 1 heterocycles. The number of aromatic nitrogens is 1. The molecule has 0 fully saturated rings. The minimum atomic E-state index is -1.34. The Labute approximate surface area is 135 Å².